The van der Waals surface area contributed by atoms with Crippen LogP contribution in [-0.4, -0.2) is 10.9 Å². The molecule has 0 radical (unpaired) electrons. The predicted octanol–water partition coefficient (Wildman–Crippen LogP) is 3.55. The zero-order valence-electron chi connectivity index (χ0n) is 10.4. The van der Waals surface area contributed by atoms with Gasteiger partial charge in [-0.1, -0.05) is 18.2 Å². The van der Waals surface area contributed by atoms with E-state index in [1.54, 1.807) is 24.3 Å². The molecule has 2 rings (SSSR count). The standard InChI is InChI=1S/C15H12F2N2O/c16-10-6-7-12(13(17)8-10)14(20)9-15(18)19-11-4-2-1-3-5-11/h1-9,20H,(H2,18,19). The number of amidine groups is 1. The number of hydrogen-bond donors (Lipinski definition) is 2. The third kappa shape index (κ3) is 3.41. The highest BCUT2D eigenvalue weighted by atomic mass is 19.1. The topological polar surface area (TPSA) is 58.6 Å². The van der Waals surface area contributed by atoms with Gasteiger partial charge in [-0.25, -0.2) is 13.8 Å². The minimum absolute atomic E-state index is 0.0115. The highest BCUT2D eigenvalue weighted by molar-refractivity contribution is 5.98. The van der Waals surface area contributed by atoms with E-state index in [0.717, 1.165) is 18.2 Å². The van der Waals surface area contributed by atoms with Gasteiger partial charge in [0.25, 0.3) is 0 Å². The van der Waals surface area contributed by atoms with Crippen molar-refractivity contribution >= 4 is 17.3 Å². The molecule has 2 aromatic carbocycles. The van der Waals surface area contributed by atoms with Crippen molar-refractivity contribution in [3.8, 4) is 0 Å². The first-order chi connectivity index (χ1) is 9.56. The molecule has 0 spiro atoms. The number of aliphatic imine (C=N–C) groups is 1. The van der Waals surface area contributed by atoms with Crippen LogP contribution in [0.4, 0.5) is 14.5 Å². The summed E-state index contributed by atoms with van der Waals surface area (Å²) in [6, 6.07) is 11.7. The number of halogens is 2. The van der Waals surface area contributed by atoms with Gasteiger partial charge >= 0.3 is 0 Å². The molecule has 0 amide bonds. The average molecular weight is 274 g/mol. The molecule has 5 heteroatoms. The third-order valence-corrected chi connectivity index (χ3v) is 2.51. The summed E-state index contributed by atoms with van der Waals surface area (Å²) in [5.41, 5.74) is 6.11. The van der Waals surface area contributed by atoms with E-state index < -0.39 is 17.4 Å². The molecular formula is C15H12F2N2O. The van der Waals surface area contributed by atoms with Crippen molar-refractivity contribution in [3.63, 3.8) is 0 Å². The van der Waals surface area contributed by atoms with Gasteiger partial charge in [-0.15, -0.1) is 0 Å². The van der Waals surface area contributed by atoms with Crippen LogP contribution >= 0.6 is 0 Å². The van der Waals surface area contributed by atoms with Crippen molar-refractivity contribution in [2.45, 2.75) is 0 Å². The molecule has 2 aromatic rings. The number of para-hydroxylation sites is 1. The van der Waals surface area contributed by atoms with Gasteiger partial charge in [-0.05, 0) is 24.3 Å². The SMILES string of the molecule is NC(C=C(O)c1ccc(F)cc1F)=Nc1ccccc1. The second-order valence-corrected chi connectivity index (χ2v) is 4.03. The zero-order valence-corrected chi connectivity index (χ0v) is 10.4. The van der Waals surface area contributed by atoms with E-state index in [0.29, 0.717) is 11.8 Å². The summed E-state index contributed by atoms with van der Waals surface area (Å²) in [5, 5.41) is 9.78. The van der Waals surface area contributed by atoms with E-state index in [9.17, 15) is 13.9 Å². The van der Waals surface area contributed by atoms with Gasteiger partial charge in [-0.3, -0.25) is 0 Å². The van der Waals surface area contributed by atoms with Crippen molar-refractivity contribution in [3.05, 3.63) is 71.8 Å². The van der Waals surface area contributed by atoms with Gasteiger partial charge < -0.3 is 10.8 Å². The van der Waals surface area contributed by atoms with Crippen LogP contribution in [0.1, 0.15) is 5.56 Å². The van der Waals surface area contributed by atoms with Crippen LogP contribution in [0, 0.1) is 11.6 Å². The summed E-state index contributed by atoms with van der Waals surface area (Å²) < 4.78 is 26.2. The van der Waals surface area contributed by atoms with E-state index >= 15 is 0 Å². The largest absolute Gasteiger partial charge is 0.507 e. The number of nitrogens with zero attached hydrogens (tertiary/aromatic N) is 1. The van der Waals surface area contributed by atoms with Crippen molar-refractivity contribution < 1.29 is 13.9 Å². The minimum Gasteiger partial charge on any atom is -0.507 e. The van der Waals surface area contributed by atoms with Crippen LogP contribution in [0.5, 0.6) is 0 Å². The molecular weight excluding hydrogens is 262 g/mol. The first kappa shape index (κ1) is 13.7. The molecule has 0 heterocycles. The van der Waals surface area contributed by atoms with Crippen LogP contribution in [-0.2, 0) is 0 Å². The molecule has 20 heavy (non-hydrogen) atoms. The fraction of sp³-hybridized carbons (Fsp3) is 0. The van der Waals surface area contributed by atoms with E-state index in [2.05, 4.69) is 4.99 Å². The van der Waals surface area contributed by atoms with Crippen LogP contribution < -0.4 is 5.73 Å². The summed E-state index contributed by atoms with van der Waals surface area (Å²) in [4.78, 5) is 4.03. The Morgan fingerprint density at radius 1 is 1.10 bits per heavy atom. The second-order valence-electron chi connectivity index (χ2n) is 4.03. The van der Waals surface area contributed by atoms with Crippen molar-refractivity contribution in [1.29, 1.82) is 0 Å². The number of benzene rings is 2. The molecule has 0 atom stereocenters. The normalized spacial score (nSPS) is 12.5. The highest BCUT2D eigenvalue weighted by Gasteiger charge is 2.08. The lowest BCUT2D eigenvalue weighted by Gasteiger charge is -2.02. The third-order valence-electron chi connectivity index (χ3n) is 2.51. The average Bonchev–Trinajstić information content (AvgIpc) is 2.39. The highest BCUT2D eigenvalue weighted by Crippen LogP contribution is 2.17. The fourth-order valence-corrected chi connectivity index (χ4v) is 1.60. The maximum Gasteiger partial charge on any atom is 0.137 e. The lowest BCUT2D eigenvalue weighted by Crippen LogP contribution is -2.08. The number of hydrogen-bond acceptors (Lipinski definition) is 2. The number of aliphatic hydroxyl groups excluding tert-OH is 1. The first-order valence-corrected chi connectivity index (χ1v) is 5.81. The molecule has 0 fully saturated rings. The Labute approximate surface area is 114 Å². The molecule has 102 valence electrons. The molecule has 3 N–H and O–H groups in total. The quantitative estimate of drug-likeness (QED) is 0.511. The Morgan fingerprint density at radius 3 is 2.45 bits per heavy atom. The molecule has 0 saturated heterocycles. The van der Waals surface area contributed by atoms with E-state index in [1.165, 1.54) is 0 Å². The zero-order chi connectivity index (χ0) is 14.5. The van der Waals surface area contributed by atoms with Gasteiger partial charge in [0.15, 0.2) is 0 Å². The van der Waals surface area contributed by atoms with Gasteiger partial charge in [-0.2, -0.15) is 0 Å². The Hall–Kier alpha value is -2.69. The van der Waals surface area contributed by atoms with Crippen LogP contribution in [0.25, 0.3) is 5.76 Å². The molecule has 0 saturated carbocycles. The van der Waals surface area contributed by atoms with E-state index in [-0.39, 0.29) is 11.4 Å². The summed E-state index contributed by atoms with van der Waals surface area (Å²) in [7, 11) is 0. The van der Waals surface area contributed by atoms with Crippen LogP contribution in [0.3, 0.4) is 0 Å². The van der Waals surface area contributed by atoms with Crippen molar-refractivity contribution in [2.24, 2.45) is 10.7 Å². The fourth-order valence-electron chi connectivity index (χ4n) is 1.60. The smallest absolute Gasteiger partial charge is 0.137 e. The predicted molar refractivity (Wildman–Crippen MR) is 74.7 cm³/mol. The van der Waals surface area contributed by atoms with Gasteiger partial charge in [0.2, 0.25) is 0 Å². The summed E-state index contributed by atoms with van der Waals surface area (Å²) in [5.74, 6) is -1.99. The van der Waals surface area contributed by atoms with E-state index in [4.69, 9.17) is 5.73 Å². The Balaban J connectivity index is 2.28. The summed E-state index contributed by atoms with van der Waals surface area (Å²) >= 11 is 0. The lowest BCUT2D eigenvalue weighted by molar-refractivity contribution is 0.500. The van der Waals surface area contributed by atoms with Gasteiger partial charge in [0.05, 0.1) is 11.3 Å². The van der Waals surface area contributed by atoms with Crippen LogP contribution in [0.15, 0.2) is 59.6 Å². The maximum atomic E-state index is 13.5. The number of aliphatic hydroxyl groups is 1. The Kier molecular flexibility index (Phi) is 4.10. The summed E-state index contributed by atoms with van der Waals surface area (Å²) in [6.07, 6.45) is 1.11. The molecule has 0 aliphatic carbocycles. The Bertz CT molecular complexity index is 667. The maximum absolute atomic E-state index is 13.5. The monoisotopic (exact) mass is 274 g/mol. The first-order valence-electron chi connectivity index (χ1n) is 5.81. The van der Waals surface area contributed by atoms with Crippen LogP contribution in [0.2, 0.25) is 0 Å². The lowest BCUT2D eigenvalue weighted by atomic mass is 10.1. The molecule has 0 aromatic heterocycles. The second kappa shape index (κ2) is 5.97. The Morgan fingerprint density at radius 2 is 1.80 bits per heavy atom. The van der Waals surface area contributed by atoms with E-state index in [1.807, 2.05) is 6.07 Å². The van der Waals surface area contributed by atoms with Gasteiger partial charge in [0, 0.05) is 12.1 Å². The molecule has 0 aliphatic rings. The molecule has 0 aliphatic heterocycles. The minimum atomic E-state index is -0.869. The molecule has 0 unspecified atom stereocenters. The summed E-state index contributed by atoms with van der Waals surface area (Å²) in [6.45, 7) is 0. The molecule has 3 nitrogen and oxygen atoms in total. The number of nitrogens with two attached hydrogens (primary N) is 1. The van der Waals surface area contributed by atoms with Crippen molar-refractivity contribution in [1.82, 2.24) is 0 Å². The van der Waals surface area contributed by atoms with Gasteiger partial charge in [0.1, 0.15) is 23.2 Å². The molecule has 0 bridgehead atoms. The number of rotatable bonds is 3. The van der Waals surface area contributed by atoms with Crippen molar-refractivity contribution in [2.75, 3.05) is 0 Å².